The largest absolute Gasteiger partial charge is 0.327 e. The SMILES string of the molecule is CCC(C)CSc1c(CC(N)CC)c(C)nn1C. The van der Waals surface area contributed by atoms with Crippen molar-refractivity contribution >= 4 is 11.8 Å². The molecule has 104 valence electrons. The molecule has 0 aromatic carbocycles. The van der Waals surface area contributed by atoms with Crippen LogP contribution < -0.4 is 5.73 Å². The number of aromatic nitrogens is 2. The molecule has 0 fully saturated rings. The Morgan fingerprint density at radius 1 is 1.33 bits per heavy atom. The lowest BCUT2D eigenvalue weighted by Gasteiger charge is -2.12. The minimum Gasteiger partial charge on any atom is -0.327 e. The quantitative estimate of drug-likeness (QED) is 0.773. The van der Waals surface area contributed by atoms with Crippen molar-refractivity contribution < 1.29 is 0 Å². The number of nitrogens with zero attached hydrogens (tertiary/aromatic N) is 2. The summed E-state index contributed by atoms with van der Waals surface area (Å²) in [6, 6.07) is 0.246. The second kappa shape index (κ2) is 7.19. The van der Waals surface area contributed by atoms with Gasteiger partial charge in [-0.05, 0) is 25.7 Å². The molecule has 0 aliphatic heterocycles. The highest BCUT2D eigenvalue weighted by Gasteiger charge is 2.16. The third-order valence-corrected chi connectivity index (χ3v) is 5.00. The third kappa shape index (κ3) is 4.02. The summed E-state index contributed by atoms with van der Waals surface area (Å²) in [6.07, 6.45) is 3.19. The highest BCUT2D eigenvalue weighted by Crippen LogP contribution is 2.28. The van der Waals surface area contributed by atoms with Gasteiger partial charge < -0.3 is 5.73 Å². The Hall–Kier alpha value is -0.480. The minimum atomic E-state index is 0.246. The van der Waals surface area contributed by atoms with Gasteiger partial charge in [-0.2, -0.15) is 5.10 Å². The Balaban J connectivity index is 2.81. The standard InChI is InChI=1S/C14H27N3S/c1-6-10(3)9-18-14-13(8-12(15)7-2)11(4)16-17(14)5/h10,12H,6-9,15H2,1-5H3. The number of thioether (sulfide) groups is 1. The first-order chi connectivity index (χ1) is 8.49. The maximum absolute atomic E-state index is 6.09. The summed E-state index contributed by atoms with van der Waals surface area (Å²) >= 11 is 1.92. The summed E-state index contributed by atoms with van der Waals surface area (Å²) in [5.74, 6) is 1.90. The van der Waals surface area contributed by atoms with E-state index in [1.54, 1.807) is 0 Å². The molecule has 0 bridgehead atoms. The van der Waals surface area contributed by atoms with Crippen molar-refractivity contribution in [2.24, 2.45) is 18.7 Å². The lowest BCUT2D eigenvalue weighted by Crippen LogP contribution is -2.22. The van der Waals surface area contributed by atoms with Crippen LogP contribution in [-0.2, 0) is 13.5 Å². The van der Waals surface area contributed by atoms with Gasteiger partial charge in [-0.25, -0.2) is 0 Å². The molecule has 3 nitrogen and oxygen atoms in total. The van der Waals surface area contributed by atoms with Crippen LogP contribution in [-0.4, -0.2) is 21.6 Å². The third-order valence-electron chi connectivity index (χ3n) is 3.48. The average molecular weight is 269 g/mol. The molecule has 18 heavy (non-hydrogen) atoms. The van der Waals surface area contributed by atoms with Crippen molar-refractivity contribution in [1.82, 2.24) is 9.78 Å². The Bertz CT molecular complexity index is 373. The molecule has 0 amide bonds. The fraction of sp³-hybridized carbons (Fsp3) is 0.786. The van der Waals surface area contributed by atoms with E-state index in [4.69, 9.17) is 5.73 Å². The zero-order valence-corrected chi connectivity index (χ0v) is 13.2. The Labute approximate surface area is 116 Å². The number of nitrogens with two attached hydrogens (primary N) is 1. The molecule has 0 radical (unpaired) electrons. The van der Waals surface area contributed by atoms with E-state index in [-0.39, 0.29) is 6.04 Å². The van der Waals surface area contributed by atoms with Crippen molar-refractivity contribution in [2.75, 3.05) is 5.75 Å². The molecule has 2 N–H and O–H groups in total. The zero-order chi connectivity index (χ0) is 13.7. The van der Waals surface area contributed by atoms with Gasteiger partial charge in [-0.1, -0.05) is 27.2 Å². The van der Waals surface area contributed by atoms with Gasteiger partial charge in [0.1, 0.15) is 0 Å². The van der Waals surface area contributed by atoms with Crippen LogP contribution in [0.5, 0.6) is 0 Å². The fourth-order valence-electron chi connectivity index (χ4n) is 1.84. The molecule has 4 heteroatoms. The average Bonchev–Trinajstić information content (AvgIpc) is 2.61. The van der Waals surface area contributed by atoms with Crippen molar-refractivity contribution in [3.63, 3.8) is 0 Å². The van der Waals surface area contributed by atoms with Crippen LogP contribution in [0.4, 0.5) is 0 Å². The first kappa shape index (κ1) is 15.6. The molecule has 2 atom stereocenters. The second-order valence-electron chi connectivity index (χ2n) is 5.19. The lowest BCUT2D eigenvalue weighted by molar-refractivity contribution is 0.623. The predicted octanol–water partition coefficient (Wildman–Crippen LogP) is 3.15. The molecule has 2 unspecified atom stereocenters. The van der Waals surface area contributed by atoms with Gasteiger partial charge in [0.05, 0.1) is 10.7 Å². The minimum absolute atomic E-state index is 0.246. The van der Waals surface area contributed by atoms with Crippen LogP contribution in [0.25, 0.3) is 0 Å². The van der Waals surface area contributed by atoms with Gasteiger partial charge in [-0.3, -0.25) is 4.68 Å². The normalized spacial score (nSPS) is 14.8. The molecule has 1 heterocycles. The molecule has 1 aromatic rings. The fourth-order valence-corrected chi connectivity index (χ4v) is 3.15. The summed E-state index contributed by atoms with van der Waals surface area (Å²) < 4.78 is 2.01. The smallest absolute Gasteiger partial charge is 0.0972 e. The molecular formula is C14H27N3S. The maximum Gasteiger partial charge on any atom is 0.0972 e. The van der Waals surface area contributed by atoms with Crippen molar-refractivity contribution in [3.8, 4) is 0 Å². The summed E-state index contributed by atoms with van der Waals surface area (Å²) in [4.78, 5) is 0. The Kier molecular flexibility index (Phi) is 6.22. The van der Waals surface area contributed by atoms with Crippen LogP contribution in [0.3, 0.4) is 0 Å². The van der Waals surface area contributed by atoms with E-state index in [1.165, 1.54) is 17.0 Å². The Morgan fingerprint density at radius 3 is 2.56 bits per heavy atom. The first-order valence-electron chi connectivity index (χ1n) is 6.90. The molecular weight excluding hydrogens is 242 g/mol. The van der Waals surface area contributed by atoms with E-state index in [1.807, 2.05) is 23.5 Å². The summed E-state index contributed by atoms with van der Waals surface area (Å²) in [5.41, 5.74) is 8.57. The lowest BCUT2D eigenvalue weighted by atomic mass is 10.1. The molecule has 0 aliphatic rings. The highest BCUT2D eigenvalue weighted by molar-refractivity contribution is 7.99. The summed E-state index contributed by atoms with van der Waals surface area (Å²) in [7, 11) is 2.03. The summed E-state index contributed by atoms with van der Waals surface area (Å²) in [5, 5.41) is 5.84. The molecule has 0 aliphatic carbocycles. The molecule has 1 rings (SSSR count). The molecule has 1 aromatic heterocycles. The van der Waals surface area contributed by atoms with Gasteiger partial charge in [0.25, 0.3) is 0 Å². The molecule has 0 saturated heterocycles. The van der Waals surface area contributed by atoms with Gasteiger partial charge in [-0.15, -0.1) is 11.8 Å². The van der Waals surface area contributed by atoms with Gasteiger partial charge in [0, 0.05) is 24.4 Å². The van der Waals surface area contributed by atoms with Gasteiger partial charge >= 0.3 is 0 Å². The van der Waals surface area contributed by atoms with E-state index >= 15 is 0 Å². The highest BCUT2D eigenvalue weighted by atomic mass is 32.2. The van der Waals surface area contributed by atoms with Crippen LogP contribution >= 0.6 is 11.8 Å². The maximum atomic E-state index is 6.09. The van der Waals surface area contributed by atoms with E-state index in [0.29, 0.717) is 0 Å². The first-order valence-corrected chi connectivity index (χ1v) is 7.88. The topological polar surface area (TPSA) is 43.8 Å². The van der Waals surface area contributed by atoms with Crippen LogP contribution in [0.1, 0.15) is 44.9 Å². The van der Waals surface area contributed by atoms with Gasteiger partial charge in [0.2, 0.25) is 0 Å². The van der Waals surface area contributed by atoms with Crippen LogP contribution in [0.2, 0.25) is 0 Å². The number of aryl methyl sites for hydroxylation is 2. The number of hydrogen-bond acceptors (Lipinski definition) is 3. The summed E-state index contributed by atoms with van der Waals surface area (Å²) in [6.45, 7) is 8.77. The van der Waals surface area contributed by atoms with Crippen molar-refractivity contribution in [3.05, 3.63) is 11.3 Å². The second-order valence-corrected chi connectivity index (χ2v) is 6.20. The van der Waals surface area contributed by atoms with E-state index in [9.17, 15) is 0 Å². The van der Waals surface area contributed by atoms with Crippen LogP contribution in [0, 0.1) is 12.8 Å². The number of rotatable bonds is 7. The number of hydrogen-bond donors (Lipinski definition) is 1. The van der Waals surface area contributed by atoms with Crippen molar-refractivity contribution in [1.29, 1.82) is 0 Å². The molecule has 0 spiro atoms. The molecule has 0 saturated carbocycles. The predicted molar refractivity (Wildman–Crippen MR) is 80.1 cm³/mol. The van der Waals surface area contributed by atoms with E-state index in [2.05, 4.69) is 32.8 Å². The van der Waals surface area contributed by atoms with Crippen molar-refractivity contribution in [2.45, 2.75) is 58.0 Å². The van der Waals surface area contributed by atoms with Gasteiger partial charge in [0.15, 0.2) is 0 Å². The monoisotopic (exact) mass is 269 g/mol. The van der Waals surface area contributed by atoms with E-state index < -0.39 is 0 Å². The van der Waals surface area contributed by atoms with Crippen LogP contribution in [0.15, 0.2) is 5.03 Å². The van der Waals surface area contributed by atoms with E-state index in [0.717, 1.165) is 30.2 Å². The zero-order valence-electron chi connectivity index (χ0n) is 12.4. The Morgan fingerprint density at radius 2 is 2.00 bits per heavy atom.